The Bertz CT molecular complexity index is 1990. The van der Waals surface area contributed by atoms with Crippen LogP contribution in [0.1, 0.15) is 44.5 Å². The summed E-state index contributed by atoms with van der Waals surface area (Å²) < 4.78 is 0. The molecule has 1 aliphatic carbocycles. The van der Waals surface area contributed by atoms with Crippen molar-refractivity contribution >= 4 is 21.8 Å². The van der Waals surface area contributed by atoms with Gasteiger partial charge in [0.15, 0.2) is 11.6 Å². The van der Waals surface area contributed by atoms with Gasteiger partial charge >= 0.3 is 0 Å². The van der Waals surface area contributed by atoms with Crippen LogP contribution in [-0.4, -0.2) is 24.9 Å². The predicted molar refractivity (Wildman–Crippen MR) is 171 cm³/mol. The number of hydrogen-bond donors (Lipinski definition) is 0. The van der Waals surface area contributed by atoms with Gasteiger partial charge in [-0.25, -0.2) is 24.9 Å². The van der Waals surface area contributed by atoms with Gasteiger partial charge in [0.25, 0.3) is 0 Å². The summed E-state index contributed by atoms with van der Waals surface area (Å²) in [6.07, 6.45) is 9.28. The molecule has 0 aliphatic heterocycles. The van der Waals surface area contributed by atoms with Gasteiger partial charge in [-0.15, -0.1) is 0 Å². The van der Waals surface area contributed by atoms with Crippen LogP contribution in [0.15, 0.2) is 115 Å². The third kappa shape index (κ3) is 4.88. The van der Waals surface area contributed by atoms with Crippen LogP contribution < -0.4 is 0 Å². The molecule has 3 aromatic carbocycles. The van der Waals surface area contributed by atoms with Crippen LogP contribution >= 0.6 is 0 Å². The lowest BCUT2D eigenvalue weighted by atomic mass is 9.83. The van der Waals surface area contributed by atoms with E-state index in [1.165, 1.54) is 5.56 Å². The fourth-order valence-corrected chi connectivity index (χ4v) is 5.53. The highest BCUT2D eigenvalue weighted by Crippen LogP contribution is 2.36. The monoisotopic (exact) mass is 545 g/mol. The Balaban J connectivity index is 1.46. The van der Waals surface area contributed by atoms with Crippen LogP contribution in [0.5, 0.6) is 0 Å². The Kier molecular flexibility index (Phi) is 6.43. The Labute approximate surface area is 245 Å². The minimum atomic E-state index is -0.0777. The van der Waals surface area contributed by atoms with E-state index in [0.717, 1.165) is 50.9 Å². The fraction of sp³-hybridized carbons (Fsp3) is 0.162. The molecular weight excluding hydrogens is 514 g/mol. The second-order valence-corrected chi connectivity index (χ2v) is 11.8. The van der Waals surface area contributed by atoms with Crippen molar-refractivity contribution in [1.82, 2.24) is 24.9 Å². The summed E-state index contributed by atoms with van der Waals surface area (Å²) in [4.78, 5) is 25.2. The van der Waals surface area contributed by atoms with E-state index in [4.69, 9.17) is 24.9 Å². The fourth-order valence-electron chi connectivity index (χ4n) is 5.53. The zero-order chi connectivity index (χ0) is 28.7. The molecule has 42 heavy (non-hydrogen) atoms. The molecule has 1 aliphatic rings. The maximum absolute atomic E-state index is 5.21. The first kappa shape index (κ1) is 25.9. The summed E-state index contributed by atoms with van der Waals surface area (Å²) in [5.74, 6) is 2.05. The third-order valence-electron chi connectivity index (χ3n) is 7.74. The lowest BCUT2D eigenvalue weighted by Crippen LogP contribution is -2.13. The second kappa shape index (κ2) is 10.4. The molecular formula is C37H31N5. The number of hydrogen-bond acceptors (Lipinski definition) is 5. The zero-order valence-electron chi connectivity index (χ0n) is 24.0. The van der Waals surface area contributed by atoms with Gasteiger partial charge in [0.05, 0.1) is 16.7 Å². The van der Waals surface area contributed by atoms with Crippen molar-refractivity contribution < 1.29 is 0 Å². The zero-order valence-corrected chi connectivity index (χ0v) is 24.0. The largest absolute Gasteiger partial charge is 0.245 e. The van der Waals surface area contributed by atoms with E-state index in [1.54, 1.807) is 0 Å². The maximum Gasteiger partial charge on any atom is 0.182 e. The van der Waals surface area contributed by atoms with Crippen LogP contribution in [0, 0.1) is 0 Å². The first-order valence-corrected chi connectivity index (χ1v) is 14.4. The Hall–Kier alpha value is -5.03. The molecule has 1 atom stereocenters. The van der Waals surface area contributed by atoms with E-state index in [2.05, 4.69) is 93.6 Å². The Morgan fingerprint density at radius 2 is 1.31 bits per heavy atom. The first-order chi connectivity index (χ1) is 20.4. The molecule has 0 amide bonds. The first-order valence-electron chi connectivity index (χ1n) is 14.4. The van der Waals surface area contributed by atoms with Gasteiger partial charge in [-0.2, -0.15) is 0 Å². The quantitative estimate of drug-likeness (QED) is 0.207. The average molecular weight is 546 g/mol. The maximum atomic E-state index is 5.21. The van der Waals surface area contributed by atoms with Crippen LogP contribution in [0.25, 0.3) is 56.0 Å². The molecule has 3 heterocycles. The number of fused-ring (bicyclic) bond motifs is 3. The molecule has 0 N–H and O–H groups in total. The number of rotatable bonds is 4. The molecule has 0 saturated carbocycles. The van der Waals surface area contributed by atoms with Gasteiger partial charge in [0.2, 0.25) is 0 Å². The molecule has 0 saturated heterocycles. The minimum absolute atomic E-state index is 0.0777. The standard InChI is InChI=1S/C37H31N5/c1-37(2,3)29-23-31(24-13-7-4-8-14-24)39-33-28(29)21-19-25-20-22-30(38-32(25)33)36-41-34(26-15-9-5-10-16-26)40-35(42-36)27-17-11-6-12-18-27/h4-17,19-23,27H,18H2,1-3H3. The average Bonchev–Trinajstić information content (AvgIpc) is 3.04. The van der Waals surface area contributed by atoms with Crippen molar-refractivity contribution in [2.24, 2.45) is 0 Å². The summed E-state index contributed by atoms with van der Waals surface area (Å²) >= 11 is 0. The van der Waals surface area contributed by atoms with Gasteiger partial charge in [-0.1, -0.05) is 124 Å². The van der Waals surface area contributed by atoms with Crippen molar-refractivity contribution in [2.45, 2.75) is 38.5 Å². The van der Waals surface area contributed by atoms with Crippen LogP contribution in [-0.2, 0) is 5.41 Å². The lowest BCUT2D eigenvalue weighted by Gasteiger charge is -2.23. The molecule has 7 rings (SSSR count). The van der Waals surface area contributed by atoms with Crippen LogP contribution in [0.4, 0.5) is 0 Å². The number of pyridine rings is 2. The summed E-state index contributed by atoms with van der Waals surface area (Å²) in [6.45, 7) is 6.74. The lowest BCUT2D eigenvalue weighted by molar-refractivity contribution is 0.595. The predicted octanol–water partition coefficient (Wildman–Crippen LogP) is 8.87. The molecule has 1 unspecified atom stereocenters. The van der Waals surface area contributed by atoms with Crippen molar-refractivity contribution in [1.29, 1.82) is 0 Å². The molecule has 0 fully saturated rings. The molecule has 5 heteroatoms. The van der Waals surface area contributed by atoms with Crippen LogP contribution in [0.3, 0.4) is 0 Å². The van der Waals surface area contributed by atoms with Gasteiger partial charge in [-0.3, -0.25) is 0 Å². The molecule has 3 aromatic heterocycles. The van der Waals surface area contributed by atoms with Gasteiger partial charge in [0.1, 0.15) is 11.5 Å². The van der Waals surface area contributed by atoms with E-state index in [1.807, 2.05) is 42.5 Å². The normalized spacial score (nSPS) is 15.0. The summed E-state index contributed by atoms with van der Waals surface area (Å²) in [6, 6.07) is 31.1. The molecule has 0 bridgehead atoms. The highest BCUT2D eigenvalue weighted by Gasteiger charge is 2.22. The molecule has 204 valence electrons. The summed E-state index contributed by atoms with van der Waals surface area (Å²) in [5, 5.41) is 2.14. The number of aromatic nitrogens is 5. The highest BCUT2D eigenvalue weighted by molar-refractivity contribution is 6.05. The summed E-state index contributed by atoms with van der Waals surface area (Å²) in [5.41, 5.74) is 6.58. The van der Waals surface area contributed by atoms with Gasteiger partial charge in [0, 0.05) is 27.8 Å². The van der Waals surface area contributed by atoms with E-state index < -0.39 is 0 Å². The third-order valence-corrected chi connectivity index (χ3v) is 7.74. The summed E-state index contributed by atoms with van der Waals surface area (Å²) in [7, 11) is 0. The molecule has 5 nitrogen and oxygen atoms in total. The second-order valence-electron chi connectivity index (χ2n) is 11.8. The topological polar surface area (TPSA) is 64.5 Å². The number of allylic oxidation sites excluding steroid dienone is 4. The van der Waals surface area contributed by atoms with Gasteiger partial charge < -0.3 is 0 Å². The minimum Gasteiger partial charge on any atom is -0.245 e. The van der Waals surface area contributed by atoms with Crippen LogP contribution in [0.2, 0.25) is 0 Å². The number of nitrogens with zero attached hydrogens (tertiary/aromatic N) is 5. The Morgan fingerprint density at radius 3 is 2.02 bits per heavy atom. The van der Waals surface area contributed by atoms with E-state index in [-0.39, 0.29) is 11.3 Å². The van der Waals surface area contributed by atoms with E-state index in [0.29, 0.717) is 17.3 Å². The highest BCUT2D eigenvalue weighted by atomic mass is 15.1. The van der Waals surface area contributed by atoms with Gasteiger partial charge in [-0.05, 0) is 29.5 Å². The smallest absolute Gasteiger partial charge is 0.182 e. The molecule has 0 spiro atoms. The molecule has 0 radical (unpaired) electrons. The van der Waals surface area contributed by atoms with Crippen molar-refractivity contribution in [3.8, 4) is 34.2 Å². The Morgan fingerprint density at radius 1 is 0.619 bits per heavy atom. The van der Waals surface area contributed by atoms with Crippen molar-refractivity contribution in [3.63, 3.8) is 0 Å². The van der Waals surface area contributed by atoms with E-state index >= 15 is 0 Å². The number of benzene rings is 3. The van der Waals surface area contributed by atoms with E-state index in [9.17, 15) is 0 Å². The molecule has 6 aromatic rings. The SMILES string of the molecule is CC(C)(C)c1cc(-c2ccccc2)nc2c1ccc1ccc(-c3nc(-c4ccccc4)nc(C4C=CC=CC4)n3)nc12. The van der Waals surface area contributed by atoms with Crippen molar-refractivity contribution in [3.05, 3.63) is 127 Å². The van der Waals surface area contributed by atoms with Crippen molar-refractivity contribution in [2.75, 3.05) is 0 Å².